The van der Waals surface area contributed by atoms with Gasteiger partial charge in [-0.15, -0.1) is 0 Å². The maximum atomic E-state index is 11.6. The standard InChI is InChI=1S/C14H26N2O3/c1-14(2,3)19-13(18)6-5-12(17)15-9-11-7-8-16(4)10-11/h11H,5-10H2,1-4H3,(H,15,17). The summed E-state index contributed by atoms with van der Waals surface area (Å²) in [6.45, 7) is 8.30. The van der Waals surface area contributed by atoms with Crippen LogP contribution in [0.25, 0.3) is 0 Å². The second-order valence-electron chi connectivity index (χ2n) is 6.31. The smallest absolute Gasteiger partial charge is 0.306 e. The van der Waals surface area contributed by atoms with Gasteiger partial charge in [0.05, 0.1) is 6.42 Å². The summed E-state index contributed by atoms with van der Waals surface area (Å²) in [4.78, 5) is 25.3. The molecule has 0 aromatic rings. The molecule has 1 N–H and O–H groups in total. The number of ether oxygens (including phenoxy) is 1. The number of carbonyl (C=O) groups is 2. The number of esters is 1. The van der Waals surface area contributed by atoms with Gasteiger partial charge in [-0.1, -0.05) is 0 Å². The lowest BCUT2D eigenvalue weighted by atomic mass is 10.1. The summed E-state index contributed by atoms with van der Waals surface area (Å²) < 4.78 is 5.15. The van der Waals surface area contributed by atoms with E-state index in [4.69, 9.17) is 4.74 Å². The van der Waals surface area contributed by atoms with Crippen LogP contribution in [0.1, 0.15) is 40.0 Å². The third kappa shape index (κ3) is 7.15. The SMILES string of the molecule is CN1CCC(CNC(=O)CCC(=O)OC(C)(C)C)C1. The van der Waals surface area contributed by atoms with Crippen molar-refractivity contribution in [3.05, 3.63) is 0 Å². The molecule has 0 aliphatic carbocycles. The van der Waals surface area contributed by atoms with Gasteiger partial charge in [0.25, 0.3) is 0 Å². The van der Waals surface area contributed by atoms with Gasteiger partial charge in [0.1, 0.15) is 5.60 Å². The second kappa shape index (κ2) is 6.89. The number of likely N-dealkylation sites (tertiary alicyclic amines) is 1. The largest absolute Gasteiger partial charge is 0.460 e. The van der Waals surface area contributed by atoms with Crippen LogP contribution in [0.4, 0.5) is 0 Å². The first kappa shape index (κ1) is 16.0. The molecule has 1 fully saturated rings. The summed E-state index contributed by atoms with van der Waals surface area (Å²) in [6.07, 6.45) is 1.48. The van der Waals surface area contributed by atoms with Crippen LogP contribution in [-0.2, 0) is 14.3 Å². The van der Waals surface area contributed by atoms with Crippen molar-refractivity contribution in [2.24, 2.45) is 5.92 Å². The fourth-order valence-electron chi connectivity index (χ4n) is 2.15. The van der Waals surface area contributed by atoms with E-state index in [9.17, 15) is 9.59 Å². The van der Waals surface area contributed by atoms with Crippen LogP contribution in [0.15, 0.2) is 0 Å². The van der Waals surface area contributed by atoms with E-state index in [1.807, 2.05) is 20.8 Å². The lowest BCUT2D eigenvalue weighted by Gasteiger charge is -2.19. The number of rotatable bonds is 5. The molecule has 1 aliphatic heterocycles. The molecule has 1 amide bonds. The van der Waals surface area contributed by atoms with Crippen molar-refractivity contribution in [2.75, 3.05) is 26.7 Å². The molecule has 0 aromatic carbocycles. The Morgan fingerprint density at radius 2 is 2.00 bits per heavy atom. The molecule has 19 heavy (non-hydrogen) atoms. The van der Waals surface area contributed by atoms with E-state index in [1.165, 1.54) is 0 Å². The first-order valence-corrected chi connectivity index (χ1v) is 6.93. The van der Waals surface area contributed by atoms with Crippen molar-refractivity contribution in [3.8, 4) is 0 Å². The number of carbonyl (C=O) groups excluding carboxylic acids is 2. The summed E-state index contributed by atoms with van der Waals surface area (Å²) in [5.74, 6) is 0.152. The van der Waals surface area contributed by atoms with Crippen LogP contribution >= 0.6 is 0 Å². The van der Waals surface area contributed by atoms with E-state index >= 15 is 0 Å². The van der Waals surface area contributed by atoms with Crippen LogP contribution < -0.4 is 5.32 Å². The molecule has 1 aliphatic rings. The van der Waals surface area contributed by atoms with Gasteiger partial charge in [-0.3, -0.25) is 9.59 Å². The average molecular weight is 270 g/mol. The van der Waals surface area contributed by atoms with Crippen molar-refractivity contribution < 1.29 is 14.3 Å². The number of amides is 1. The molecular weight excluding hydrogens is 244 g/mol. The quantitative estimate of drug-likeness (QED) is 0.762. The number of nitrogens with zero attached hydrogens (tertiary/aromatic N) is 1. The first-order chi connectivity index (χ1) is 8.76. The van der Waals surface area contributed by atoms with Crippen LogP contribution in [0, 0.1) is 5.92 Å². The van der Waals surface area contributed by atoms with E-state index < -0.39 is 5.60 Å². The third-order valence-electron chi connectivity index (χ3n) is 3.05. The minimum Gasteiger partial charge on any atom is -0.460 e. The highest BCUT2D eigenvalue weighted by Gasteiger charge is 2.20. The van der Waals surface area contributed by atoms with Gasteiger partial charge < -0.3 is 15.0 Å². The zero-order valence-corrected chi connectivity index (χ0v) is 12.5. The molecule has 0 radical (unpaired) electrons. The number of nitrogens with one attached hydrogen (secondary N) is 1. The van der Waals surface area contributed by atoms with Crippen LogP contribution in [0.5, 0.6) is 0 Å². The van der Waals surface area contributed by atoms with Crippen LogP contribution in [-0.4, -0.2) is 49.1 Å². The van der Waals surface area contributed by atoms with Crippen LogP contribution in [0.2, 0.25) is 0 Å². The molecule has 1 atom stereocenters. The number of hydrogen-bond acceptors (Lipinski definition) is 4. The minimum absolute atomic E-state index is 0.0691. The van der Waals surface area contributed by atoms with Crippen molar-refractivity contribution >= 4 is 11.9 Å². The van der Waals surface area contributed by atoms with Crippen molar-refractivity contribution in [1.29, 1.82) is 0 Å². The lowest BCUT2D eigenvalue weighted by Crippen LogP contribution is -2.31. The molecule has 1 saturated heterocycles. The molecule has 5 nitrogen and oxygen atoms in total. The van der Waals surface area contributed by atoms with Gasteiger partial charge in [-0.25, -0.2) is 0 Å². The Morgan fingerprint density at radius 3 is 2.53 bits per heavy atom. The fraction of sp³-hybridized carbons (Fsp3) is 0.857. The van der Waals surface area contributed by atoms with E-state index in [0.29, 0.717) is 12.5 Å². The van der Waals surface area contributed by atoms with E-state index in [2.05, 4.69) is 17.3 Å². The zero-order valence-electron chi connectivity index (χ0n) is 12.5. The van der Waals surface area contributed by atoms with Gasteiger partial charge in [0, 0.05) is 19.5 Å². The monoisotopic (exact) mass is 270 g/mol. The summed E-state index contributed by atoms with van der Waals surface area (Å²) >= 11 is 0. The molecule has 1 rings (SSSR count). The summed E-state index contributed by atoms with van der Waals surface area (Å²) in [5.41, 5.74) is -0.484. The predicted molar refractivity (Wildman–Crippen MR) is 73.7 cm³/mol. The van der Waals surface area contributed by atoms with Crippen molar-refractivity contribution in [3.63, 3.8) is 0 Å². The Hall–Kier alpha value is -1.10. The lowest BCUT2D eigenvalue weighted by molar-refractivity contribution is -0.155. The normalized spacial score (nSPS) is 20.3. The summed E-state index contributed by atoms with van der Waals surface area (Å²) in [5, 5.41) is 2.89. The van der Waals surface area contributed by atoms with Gasteiger partial charge in [-0.05, 0) is 46.7 Å². The van der Waals surface area contributed by atoms with E-state index in [1.54, 1.807) is 0 Å². The first-order valence-electron chi connectivity index (χ1n) is 6.93. The maximum Gasteiger partial charge on any atom is 0.306 e. The molecule has 0 bridgehead atoms. The topological polar surface area (TPSA) is 58.6 Å². The molecule has 0 spiro atoms. The predicted octanol–water partition coefficient (Wildman–Crippen LogP) is 1.18. The van der Waals surface area contributed by atoms with Gasteiger partial charge in [0.2, 0.25) is 5.91 Å². The fourth-order valence-corrected chi connectivity index (χ4v) is 2.15. The molecule has 0 aromatic heterocycles. The summed E-state index contributed by atoms with van der Waals surface area (Å²) in [6, 6.07) is 0. The average Bonchev–Trinajstić information content (AvgIpc) is 2.67. The molecule has 5 heteroatoms. The molecule has 1 unspecified atom stereocenters. The Balaban J connectivity index is 2.12. The van der Waals surface area contributed by atoms with Crippen LogP contribution in [0.3, 0.4) is 0 Å². The second-order valence-corrected chi connectivity index (χ2v) is 6.31. The molecule has 0 saturated carbocycles. The zero-order chi connectivity index (χ0) is 14.5. The van der Waals surface area contributed by atoms with Gasteiger partial charge in [-0.2, -0.15) is 0 Å². The molecule has 110 valence electrons. The van der Waals surface area contributed by atoms with Gasteiger partial charge >= 0.3 is 5.97 Å². The Bertz CT molecular complexity index is 323. The Kier molecular flexibility index (Phi) is 5.79. The minimum atomic E-state index is -0.484. The van der Waals surface area contributed by atoms with Crippen molar-refractivity contribution in [2.45, 2.75) is 45.6 Å². The molecular formula is C14H26N2O3. The van der Waals surface area contributed by atoms with E-state index in [0.717, 1.165) is 19.5 Å². The van der Waals surface area contributed by atoms with Crippen molar-refractivity contribution in [1.82, 2.24) is 10.2 Å². The Labute approximate surface area is 115 Å². The third-order valence-corrected chi connectivity index (χ3v) is 3.05. The highest BCUT2D eigenvalue weighted by Crippen LogP contribution is 2.13. The maximum absolute atomic E-state index is 11.6. The molecule has 1 heterocycles. The number of hydrogen-bond donors (Lipinski definition) is 1. The summed E-state index contributed by atoms with van der Waals surface area (Å²) in [7, 11) is 2.09. The Morgan fingerprint density at radius 1 is 1.32 bits per heavy atom. The highest BCUT2D eigenvalue weighted by atomic mass is 16.6. The highest BCUT2D eigenvalue weighted by molar-refractivity contribution is 5.81. The van der Waals surface area contributed by atoms with E-state index in [-0.39, 0.29) is 24.7 Å². The van der Waals surface area contributed by atoms with Gasteiger partial charge in [0.15, 0.2) is 0 Å².